The van der Waals surface area contributed by atoms with Gasteiger partial charge in [-0.2, -0.15) is 0 Å². The Kier molecular flexibility index (Phi) is 68.0. The van der Waals surface area contributed by atoms with Gasteiger partial charge in [0.05, 0.1) is 56.3 Å². The second-order valence-electron chi connectivity index (χ2n) is 27.1. The predicted molar refractivity (Wildman–Crippen MR) is 339 cm³/mol. The summed E-state index contributed by atoms with van der Waals surface area (Å²) >= 11 is 0. The van der Waals surface area contributed by atoms with E-state index in [0.717, 1.165) is 11.8 Å². The van der Waals surface area contributed by atoms with E-state index in [1.807, 2.05) is 5.32 Å². The summed E-state index contributed by atoms with van der Waals surface area (Å²) in [6.07, 6.45) is -104. The standard InChI is InChI=1S/C51H82N4O63S7.11Na/c1-7(59)53-13-16(60)25(105-49-35(117-124(92,93)94)23(67)31(38(113-49)42(73)74)109-46-14(54-119(77,78)79)17(61)26(9(4-57)101-46)104-48-21(65)19(63)20(64)33(111-48)40(69)70)8(3-56)100-45(13)108-30-22(66)34(116-123(89,90)91)50(112-37(30)41(71)72)106-27-10(5-58)102-47(15(18(27)62)55-120(80,81)82)110-32-24(68)36(118-125(95,96)97)51(114-39(32)43(75)76)107-28-11(6-99-121(83,84)85)103-44(98-2)12(52)29(28)115-122(86,87)88;;;;;;;;;;;/h8-39,44-51,54-58,60-68H,3-6,52H2,1-2H3,(H,53,59)(H,69,70)(H,71,72)(H,73,74)(H,75,76)(H,77,78,79)(H,80,81,82)(H,83,84,85)(H,86,87,88)(H,89,90,91)(H,92,93,94)(H,95,96,97);;;;;;;;;;;/q;11*+1/p-11/t8-,9-,10-,11-,12-,13-,14-,15-,16-,17-,18-,19+,20+,21-,22+,23+,24+,25-,26-,27-,28-,29-,30+,31+,32+,33+,34-,35-,36-,37-,38-,39-,44+,45-,46-,47-,48-,49-,50-,51-;;;;;;;;;;;/m1.........../s1. The van der Waals surface area contributed by atoms with Crippen LogP contribution >= 0.6 is 0 Å². The molecule has 67 nitrogen and oxygen atoms in total. The molecule has 8 aliphatic rings. The van der Waals surface area contributed by atoms with E-state index in [9.17, 15) is 196 Å². The number of amides is 1. The van der Waals surface area contributed by atoms with Gasteiger partial charge in [-0.3, -0.25) is 25.7 Å². The smallest absolute Gasteiger partial charge is 0.735 e. The molecule has 0 unspecified atom stereocenters. The van der Waals surface area contributed by atoms with E-state index in [0.29, 0.717) is 6.92 Å². The van der Waals surface area contributed by atoms with Gasteiger partial charge in [-0.05, 0) is 0 Å². The molecule has 0 spiro atoms. The van der Waals surface area contributed by atoms with Crippen molar-refractivity contribution < 1.29 is 618 Å². The number of aliphatic hydroxyl groups excluding tert-OH is 12. The summed E-state index contributed by atoms with van der Waals surface area (Å²) < 4.78 is 365. The van der Waals surface area contributed by atoms with Crippen LogP contribution in [-0.4, -0.2) is 461 Å². The van der Waals surface area contributed by atoms with Gasteiger partial charge in [0.2, 0.25) is 57.9 Å². The van der Waals surface area contributed by atoms with Crippen molar-refractivity contribution in [3.63, 3.8) is 0 Å². The van der Waals surface area contributed by atoms with Gasteiger partial charge in [0.15, 0.2) is 89.2 Å². The number of carboxylic acid groups (broad SMARTS) is 4. The van der Waals surface area contributed by atoms with E-state index < -0.39 is 374 Å². The summed E-state index contributed by atoms with van der Waals surface area (Å²) in [5.41, 5.74) is 5.92. The normalized spacial score (nSPS) is 38.9. The molecule has 0 aromatic heterocycles. The van der Waals surface area contributed by atoms with Crippen molar-refractivity contribution in [2.75, 3.05) is 33.5 Å². The van der Waals surface area contributed by atoms with Crippen molar-refractivity contribution in [3.05, 3.63) is 0 Å². The summed E-state index contributed by atoms with van der Waals surface area (Å²) in [4.78, 5) is 63.6. The van der Waals surface area contributed by atoms with Gasteiger partial charge in [0, 0.05) is 14.0 Å². The van der Waals surface area contributed by atoms with Gasteiger partial charge >= 0.3 is 325 Å². The molecule has 0 radical (unpaired) electrons. The van der Waals surface area contributed by atoms with Crippen LogP contribution in [0.1, 0.15) is 6.92 Å². The Morgan fingerprint density at radius 2 is 0.574 bits per heavy atom. The molecule has 136 heavy (non-hydrogen) atoms. The summed E-state index contributed by atoms with van der Waals surface area (Å²) in [5.74, 6) is -11.8. The number of carbonyl (C=O) groups is 5. The molecular formula is C51H71N4Na11O63S7. The van der Waals surface area contributed by atoms with E-state index in [2.05, 4.69) is 20.9 Å². The number of hydrogen-bond acceptors (Lipinski definition) is 64. The van der Waals surface area contributed by atoms with Crippen LogP contribution in [0.5, 0.6) is 0 Å². The van der Waals surface area contributed by atoms with Gasteiger partial charge < -0.3 is 220 Å². The molecule has 0 aliphatic carbocycles. The van der Waals surface area contributed by atoms with Gasteiger partial charge in [-0.25, -0.2) is 68.4 Å². The number of rotatable bonds is 38. The Morgan fingerprint density at radius 1 is 0.309 bits per heavy atom. The fourth-order valence-electron chi connectivity index (χ4n) is 13.7. The first-order valence-corrected chi connectivity index (χ1v) is 43.7. The third-order valence-electron chi connectivity index (χ3n) is 18.8. The van der Waals surface area contributed by atoms with Crippen LogP contribution in [0.2, 0.25) is 0 Å². The molecule has 0 aromatic carbocycles. The number of nitrogens with one attached hydrogen (secondary N) is 3. The summed E-state index contributed by atoms with van der Waals surface area (Å²) in [7, 11) is -42.9. The van der Waals surface area contributed by atoms with Crippen LogP contribution in [0.3, 0.4) is 0 Å². The second kappa shape index (κ2) is 62.3. The van der Waals surface area contributed by atoms with Crippen molar-refractivity contribution in [2.45, 2.75) is 252 Å². The largest absolute Gasteiger partial charge is 1.00 e. The minimum Gasteiger partial charge on any atom is -0.735 e. The molecule has 8 fully saturated rings. The van der Waals surface area contributed by atoms with Crippen molar-refractivity contribution in [2.24, 2.45) is 5.73 Å². The molecule has 17 N–H and O–H groups in total. The predicted octanol–water partition coefficient (Wildman–Crippen LogP) is -60.1. The van der Waals surface area contributed by atoms with Crippen molar-refractivity contribution in [3.8, 4) is 0 Å². The molecular weight excluding hydrogens is 2150 g/mol. The Labute approximate surface area is 1010 Å². The third-order valence-corrected chi connectivity index (χ3v) is 22.2. The average molecular weight is 2230 g/mol. The fourth-order valence-corrected chi connectivity index (χ4v) is 17.1. The molecule has 0 aromatic rings. The van der Waals surface area contributed by atoms with E-state index in [-0.39, 0.29) is 325 Å². The second-order valence-corrected chi connectivity index (χ2v) is 34.5. The number of aliphatic hydroxyl groups is 12. The quantitative estimate of drug-likeness (QED) is 0.0155. The molecule has 1 amide bonds. The number of ether oxygens (including phenoxy) is 16. The Balaban J connectivity index is -0.00000792. The minimum atomic E-state index is -6.51. The zero-order valence-corrected chi connectivity index (χ0v) is 100. The minimum absolute atomic E-state index is 0. The topological polar surface area (TPSA) is 1080 Å². The van der Waals surface area contributed by atoms with Crippen molar-refractivity contribution in [1.82, 2.24) is 14.8 Å². The maximum atomic E-state index is 13.2. The SMILES string of the molecule is CO[C@H]1O[C@H](COS(=O)(=O)[O-])[C@@H](O[C@@H]2O[C@@H](C(=O)[O-])[C@@H](O[C@H]3O[C@H](CO)[C@@H](O[C@@H]4O[C@@H](C(=O)[O-])[C@@H](O[C@H]5O[C@H](CO)[C@@H](O[C@@H]6O[C@@H](C(=O)[O-])[C@@H](O[C@H]7O[C@H](CO)[C@@H](O[C@@H]8O[C@H](C(=O)[O-])[C@@H](O)[C@H](O)[C@H]8O)[C@H](O)[C@H]7NS(=O)(=O)[O-])[C@H](O)[C@H]6OS(=O)(=O)[O-])[C@H](O)[C@H]5NC(C)=O)[C@H](O)[C@H]4OS(=O)(=O)[O-])[C@H](O)[C@H]3NS(=O)(=O)[O-])[C@H](O)[C@H]2OS(=O)(=O)[O-])[C@H](OS(=O)(=O)[O-])[C@H]1N.[Na+].[Na+].[Na+].[Na+].[Na+].[Na+].[Na+].[Na+].[Na+].[Na+].[Na+]. The van der Waals surface area contributed by atoms with Crippen molar-refractivity contribution in [1.29, 1.82) is 0 Å². The number of aliphatic carboxylic acids is 4. The molecule has 8 heterocycles. The summed E-state index contributed by atoms with van der Waals surface area (Å²) in [6.45, 7) is -6.12. The first-order chi connectivity index (χ1) is 57.4. The van der Waals surface area contributed by atoms with Crippen LogP contribution < -0.4 is 366 Å². The van der Waals surface area contributed by atoms with Crippen LogP contribution in [-0.2, 0) is 193 Å². The first kappa shape index (κ1) is 149. The van der Waals surface area contributed by atoms with Crippen molar-refractivity contribution >= 4 is 102 Å². The first-order valence-electron chi connectivity index (χ1n) is 34.2. The van der Waals surface area contributed by atoms with E-state index >= 15 is 0 Å². The van der Waals surface area contributed by atoms with Crippen LogP contribution in [0.25, 0.3) is 0 Å². The van der Waals surface area contributed by atoms with E-state index in [4.69, 9.17) is 81.5 Å². The average Bonchev–Trinajstić information content (AvgIpc) is 0.756. The van der Waals surface area contributed by atoms with Gasteiger partial charge in [-0.1, -0.05) is 0 Å². The number of carbonyl (C=O) groups excluding carboxylic acids is 5. The molecule has 0 saturated carbocycles. The van der Waals surface area contributed by atoms with Gasteiger partial charge in [0.25, 0.3) is 0 Å². The fraction of sp³-hybridized carbons (Fsp3) is 0.902. The Morgan fingerprint density at radius 3 is 0.846 bits per heavy atom. The van der Waals surface area contributed by atoms with E-state index in [1.165, 1.54) is 4.72 Å². The van der Waals surface area contributed by atoms with Crippen LogP contribution in [0.15, 0.2) is 0 Å². The Bertz CT molecular complexity index is 4640. The number of hydrogen-bond donors (Lipinski definition) is 16. The molecule has 8 saturated heterocycles. The molecule has 40 atom stereocenters. The molecule has 726 valence electrons. The maximum Gasteiger partial charge on any atom is 1.00 e. The number of methoxy groups -OCH3 is 1. The summed E-state index contributed by atoms with van der Waals surface area (Å²) in [6, 6.07) is -10.7. The number of nitrogens with two attached hydrogens (primary N) is 1. The number of carboxylic acids is 4. The monoisotopic (exact) mass is 2220 g/mol. The third kappa shape index (κ3) is 40.8. The molecule has 0 bridgehead atoms. The van der Waals surface area contributed by atoms with Gasteiger partial charge in [0.1, 0.15) is 171 Å². The van der Waals surface area contributed by atoms with E-state index in [1.54, 1.807) is 0 Å². The zero-order valence-electron chi connectivity index (χ0n) is 72.5. The van der Waals surface area contributed by atoms with Crippen LogP contribution in [0.4, 0.5) is 0 Å². The van der Waals surface area contributed by atoms with Crippen LogP contribution in [0, 0.1) is 0 Å². The van der Waals surface area contributed by atoms with Gasteiger partial charge in [-0.15, -0.1) is 0 Å². The molecule has 8 aliphatic heterocycles. The Hall–Kier alpha value is 6.28. The molecule has 85 heteroatoms. The zero-order chi connectivity index (χ0) is 94.3. The summed E-state index contributed by atoms with van der Waals surface area (Å²) in [5, 5.41) is 186. The molecule has 8 rings (SSSR count). The maximum absolute atomic E-state index is 13.2.